The quantitative estimate of drug-likeness (QED) is 0.851. The zero-order valence-electron chi connectivity index (χ0n) is 12.3. The zero-order chi connectivity index (χ0) is 14.1. The van der Waals surface area contributed by atoms with Crippen molar-refractivity contribution in [2.75, 3.05) is 27.2 Å². The lowest BCUT2D eigenvalue weighted by Gasteiger charge is -2.37. The van der Waals surface area contributed by atoms with Gasteiger partial charge in [-0.3, -0.25) is 0 Å². The SMILES string of the molecule is CNC(=O)N1Cc2ccccc2[C@H]1C1CCN(C)CC1. The molecule has 0 radical (unpaired) electrons. The number of piperidine rings is 1. The topological polar surface area (TPSA) is 35.6 Å². The van der Waals surface area contributed by atoms with Crippen molar-refractivity contribution in [3.05, 3.63) is 35.4 Å². The molecule has 2 heterocycles. The van der Waals surface area contributed by atoms with Crippen molar-refractivity contribution in [2.24, 2.45) is 5.92 Å². The van der Waals surface area contributed by atoms with Crippen molar-refractivity contribution >= 4 is 6.03 Å². The standard InChI is InChI=1S/C16H23N3O/c1-17-16(20)19-11-13-5-3-4-6-14(13)15(19)12-7-9-18(2)10-8-12/h3-6,12,15H,7-11H2,1-2H3,(H,17,20)/t15-/m1/s1. The van der Waals surface area contributed by atoms with Crippen LogP contribution in [0, 0.1) is 5.92 Å². The van der Waals surface area contributed by atoms with Crippen LogP contribution in [0.3, 0.4) is 0 Å². The van der Waals surface area contributed by atoms with Gasteiger partial charge < -0.3 is 15.1 Å². The number of hydrogen-bond acceptors (Lipinski definition) is 2. The molecule has 0 saturated carbocycles. The molecular formula is C16H23N3O. The van der Waals surface area contributed by atoms with Gasteiger partial charge in [0, 0.05) is 13.6 Å². The van der Waals surface area contributed by atoms with Crippen LogP contribution in [0.25, 0.3) is 0 Å². The molecule has 1 saturated heterocycles. The van der Waals surface area contributed by atoms with Crippen LogP contribution in [-0.4, -0.2) is 43.0 Å². The van der Waals surface area contributed by atoms with Crippen molar-refractivity contribution < 1.29 is 4.79 Å². The monoisotopic (exact) mass is 273 g/mol. The summed E-state index contributed by atoms with van der Waals surface area (Å²) in [6.07, 6.45) is 2.34. The van der Waals surface area contributed by atoms with E-state index in [-0.39, 0.29) is 12.1 Å². The molecule has 1 N–H and O–H groups in total. The van der Waals surface area contributed by atoms with Crippen LogP contribution in [0.4, 0.5) is 4.79 Å². The molecule has 1 atom stereocenters. The van der Waals surface area contributed by atoms with Gasteiger partial charge in [-0.25, -0.2) is 4.79 Å². The third kappa shape index (κ3) is 2.29. The normalized spacial score (nSPS) is 23.7. The van der Waals surface area contributed by atoms with Crippen LogP contribution in [-0.2, 0) is 6.54 Å². The van der Waals surface area contributed by atoms with E-state index in [1.165, 1.54) is 24.0 Å². The second kappa shape index (κ2) is 5.44. The van der Waals surface area contributed by atoms with E-state index in [2.05, 4.69) is 41.5 Å². The number of rotatable bonds is 1. The molecule has 2 aliphatic rings. The molecule has 3 rings (SSSR count). The van der Waals surface area contributed by atoms with Gasteiger partial charge in [-0.05, 0) is 50.0 Å². The Bertz CT molecular complexity index is 494. The first-order valence-electron chi connectivity index (χ1n) is 7.45. The van der Waals surface area contributed by atoms with Gasteiger partial charge in [0.1, 0.15) is 0 Å². The average Bonchev–Trinajstić information content (AvgIpc) is 2.87. The van der Waals surface area contributed by atoms with E-state index in [1.807, 2.05) is 4.90 Å². The molecule has 0 unspecified atom stereocenters. The number of amides is 2. The lowest BCUT2D eigenvalue weighted by atomic mass is 9.85. The van der Waals surface area contributed by atoms with Crippen LogP contribution < -0.4 is 5.32 Å². The van der Waals surface area contributed by atoms with E-state index in [0.717, 1.165) is 19.6 Å². The number of nitrogens with one attached hydrogen (secondary N) is 1. The Balaban J connectivity index is 1.89. The van der Waals surface area contributed by atoms with Crippen LogP contribution in [0.5, 0.6) is 0 Å². The summed E-state index contributed by atoms with van der Waals surface area (Å²) in [5, 5.41) is 2.80. The van der Waals surface area contributed by atoms with E-state index in [4.69, 9.17) is 0 Å². The van der Waals surface area contributed by atoms with E-state index < -0.39 is 0 Å². The van der Waals surface area contributed by atoms with Gasteiger partial charge in [0.15, 0.2) is 0 Å². The molecular weight excluding hydrogens is 250 g/mol. The molecule has 4 heteroatoms. The minimum atomic E-state index is 0.0464. The van der Waals surface area contributed by atoms with Crippen molar-refractivity contribution in [3.63, 3.8) is 0 Å². The first-order chi connectivity index (χ1) is 9.70. The third-order valence-electron chi connectivity index (χ3n) is 4.73. The van der Waals surface area contributed by atoms with E-state index in [1.54, 1.807) is 7.05 Å². The van der Waals surface area contributed by atoms with Crippen LogP contribution in [0.2, 0.25) is 0 Å². The number of fused-ring (bicyclic) bond motifs is 1. The minimum Gasteiger partial charge on any atom is -0.341 e. The third-order valence-corrected chi connectivity index (χ3v) is 4.73. The molecule has 0 spiro atoms. The summed E-state index contributed by atoms with van der Waals surface area (Å²) in [6, 6.07) is 8.80. The first-order valence-corrected chi connectivity index (χ1v) is 7.45. The zero-order valence-corrected chi connectivity index (χ0v) is 12.3. The maximum atomic E-state index is 12.2. The Morgan fingerprint density at radius 2 is 1.95 bits per heavy atom. The Morgan fingerprint density at radius 1 is 1.25 bits per heavy atom. The van der Waals surface area contributed by atoms with Crippen molar-refractivity contribution in [1.82, 2.24) is 15.1 Å². The lowest BCUT2D eigenvalue weighted by Crippen LogP contribution is -2.42. The molecule has 1 fully saturated rings. The van der Waals surface area contributed by atoms with Gasteiger partial charge in [0.05, 0.1) is 6.04 Å². The molecule has 0 aromatic heterocycles. The van der Waals surface area contributed by atoms with E-state index >= 15 is 0 Å². The number of nitrogens with zero attached hydrogens (tertiary/aromatic N) is 2. The number of hydrogen-bond donors (Lipinski definition) is 1. The lowest BCUT2D eigenvalue weighted by molar-refractivity contribution is 0.119. The molecule has 0 aliphatic carbocycles. The first kappa shape index (κ1) is 13.4. The van der Waals surface area contributed by atoms with Crippen molar-refractivity contribution in [1.29, 1.82) is 0 Å². The summed E-state index contributed by atoms with van der Waals surface area (Å²) < 4.78 is 0. The largest absolute Gasteiger partial charge is 0.341 e. The summed E-state index contributed by atoms with van der Waals surface area (Å²) in [7, 11) is 3.90. The van der Waals surface area contributed by atoms with Crippen molar-refractivity contribution in [2.45, 2.75) is 25.4 Å². The summed E-state index contributed by atoms with van der Waals surface area (Å²) in [4.78, 5) is 16.6. The summed E-state index contributed by atoms with van der Waals surface area (Å²) >= 11 is 0. The summed E-state index contributed by atoms with van der Waals surface area (Å²) in [5.74, 6) is 0.576. The van der Waals surface area contributed by atoms with Gasteiger partial charge in [-0.1, -0.05) is 24.3 Å². The van der Waals surface area contributed by atoms with Gasteiger partial charge in [0.25, 0.3) is 0 Å². The Morgan fingerprint density at radius 3 is 2.65 bits per heavy atom. The van der Waals surface area contributed by atoms with Gasteiger partial charge in [-0.2, -0.15) is 0 Å². The predicted molar refractivity (Wildman–Crippen MR) is 79.4 cm³/mol. The summed E-state index contributed by atoms with van der Waals surface area (Å²) in [6.45, 7) is 3.00. The number of carbonyl (C=O) groups excluding carboxylic acids is 1. The van der Waals surface area contributed by atoms with E-state index in [0.29, 0.717) is 5.92 Å². The van der Waals surface area contributed by atoms with Crippen LogP contribution >= 0.6 is 0 Å². The minimum absolute atomic E-state index is 0.0464. The van der Waals surface area contributed by atoms with Crippen molar-refractivity contribution in [3.8, 4) is 0 Å². The highest BCUT2D eigenvalue weighted by Crippen LogP contribution is 2.42. The van der Waals surface area contributed by atoms with Crippen LogP contribution in [0.15, 0.2) is 24.3 Å². The average molecular weight is 273 g/mol. The van der Waals surface area contributed by atoms with E-state index in [9.17, 15) is 4.79 Å². The Hall–Kier alpha value is -1.55. The maximum Gasteiger partial charge on any atom is 0.317 e. The molecule has 108 valence electrons. The van der Waals surface area contributed by atoms with Gasteiger partial charge in [-0.15, -0.1) is 0 Å². The highest BCUT2D eigenvalue weighted by molar-refractivity contribution is 5.75. The smallest absolute Gasteiger partial charge is 0.317 e. The Kier molecular flexibility index (Phi) is 3.66. The highest BCUT2D eigenvalue weighted by atomic mass is 16.2. The Labute approximate surface area is 120 Å². The molecule has 20 heavy (non-hydrogen) atoms. The summed E-state index contributed by atoms with van der Waals surface area (Å²) in [5.41, 5.74) is 2.66. The fourth-order valence-electron chi connectivity index (χ4n) is 3.61. The molecule has 4 nitrogen and oxygen atoms in total. The maximum absolute atomic E-state index is 12.2. The second-order valence-electron chi connectivity index (χ2n) is 5.97. The molecule has 2 amide bonds. The van der Waals surface area contributed by atoms with Gasteiger partial charge >= 0.3 is 6.03 Å². The number of carbonyl (C=O) groups is 1. The number of urea groups is 1. The highest BCUT2D eigenvalue weighted by Gasteiger charge is 2.38. The second-order valence-corrected chi connectivity index (χ2v) is 5.97. The number of benzene rings is 1. The molecule has 1 aromatic rings. The molecule has 1 aromatic carbocycles. The van der Waals surface area contributed by atoms with Gasteiger partial charge in [0.2, 0.25) is 0 Å². The fourth-order valence-corrected chi connectivity index (χ4v) is 3.61. The van der Waals surface area contributed by atoms with Crippen LogP contribution in [0.1, 0.15) is 30.0 Å². The predicted octanol–water partition coefficient (Wildman–Crippen LogP) is 2.22. The molecule has 2 aliphatic heterocycles. The molecule has 0 bridgehead atoms. The number of likely N-dealkylation sites (tertiary alicyclic amines) is 1. The fraction of sp³-hybridized carbons (Fsp3) is 0.562.